The number of hydrogen-bond acceptors (Lipinski definition) is 7. The van der Waals surface area contributed by atoms with E-state index in [1.165, 1.54) is 22.9 Å². The molecule has 3 aliphatic heterocycles. The van der Waals surface area contributed by atoms with Crippen molar-refractivity contribution in [1.29, 1.82) is 0 Å². The van der Waals surface area contributed by atoms with Crippen LogP contribution in [0, 0.1) is 0 Å². The van der Waals surface area contributed by atoms with Gasteiger partial charge < -0.3 is 14.8 Å². The highest BCUT2D eigenvalue weighted by atomic mass is 32.2. The van der Waals surface area contributed by atoms with Crippen molar-refractivity contribution in [3.05, 3.63) is 23.3 Å². The maximum Gasteiger partial charge on any atom is 0.238 e. The fourth-order valence-corrected chi connectivity index (χ4v) is 5.01. The molecule has 0 radical (unpaired) electrons. The third-order valence-corrected chi connectivity index (χ3v) is 6.95. The summed E-state index contributed by atoms with van der Waals surface area (Å²) >= 11 is 6.53. The summed E-state index contributed by atoms with van der Waals surface area (Å²) in [5.74, 6) is 1.99. The second-order valence-corrected chi connectivity index (χ2v) is 9.00. The summed E-state index contributed by atoms with van der Waals surface area (Å²) in [5.41, 5.74) is 2.45. The Bertz CT molecular complexity index is 816. The average molecular weight is 436 g/mol. The molecular weight excluding hydrogens is 410 g/mol. The molecule has 0 bridgehead atoms. The molecule has 156 valence electrons. The Morgan fingerprint density at radius 2 is 2.07 bits per heavy atom. The van der Waals surface area contributed by atoms with Gasteiger partial charge in [0.25, 0.3) is 0 Å². The van der Waals surface area contributed by atoms with Crippen LogP contribution in [0.25, 0.3) is 0 Å². The Morgan fingerprint density at radius 1 is 1.31 bits per heavy atom. The first-order chi connectivity index (χ1) is 14.0. The van der Waals surface area contributed by atoms with Crippen molar-refractivity contribution in [1.82, 2.24) is 15.1 Å². The SMILES string of the molecule is CC1c2cc3c(cc2CCN1CC(=O)NCCN1C(=O)CSC1=S)OCCCO3. The van der Waals surface area contributed by atoms with Crippen LogP contribution >= 0.6 is 24.0 Å². The Balaban J connectivity index is 1.33. The molecule has 0 aliphatic carbocycles. The molecule has 1 saturated heterocycles. The van der Waals surface area contributed by atoms with Gasteiger partial charge in [-0.25, -0.2) is 0 Å². The topological polar surface area (TPSA) is 71.1 Å². The van der Waals surface area contributed by atoms with Crippen molar-refractivity contribution in [3.8, 4) is 11.5 Å². The van der Waals surface area contributed by atoms with Crippen LogP contribution in [0.4, 0.5) is 0 Å². The predicted molar refractivity (Wildman–Crippen MR) is 116 cm³/mol. The standard InChI is InChI=1S/C20H25N3O4S2/c1-13-15-10-17-16(26-7-2-8-27-17)9-14(15)3-5-22(13)11-18(24)21-4-6-23-19(25)12-29-20(23)28/h9-10,13H,2-8,11-12H2,1H3,(H,21,24). The predicted octanol–water partition coefficient (Wildman–Crippen LogP) is 1.74. The summed E-state index contributed by atoms with van der Waals surface area (Å²) in [6.45, 7) is 5.43. The summed E-state index contributed by atoms with van der Waals surface area (Å²) in [6, 6.07) is 4.28. The number of thioether (sulfide) groups is 1. The minimum absolute atomic E-state index is 0.0147. The van der Waals surface area contributed by atoms with Gasteiger partial charge in [-0.05, 0) is 36.6 Å². The van der Waals surface area contributed by atoms with Crippen LogP contribution in [0.5, 0.6) is 11.5 Å². The van der Waals surface area contributed by atoms with Crippen LogP contribution in [0.2, 0.25) is 0 Å². The number of carbonyl (C=O) groups is 2. The van der Waals surface area contributed by atoms with Crippen molar-refractivity contribution < 1.29 is 19.1 Å². The highest BCUT2D eigenvalue weighted by molar-refractivity contribution is 8.23. The monoisotopic (exact) mass is 435 g/mol. The fraction of sp³-hybridized carbons (Fsp3) is 0.550. The van der Waals surface area contributed by atoms with Gasteiger partial charge in [0.1, 0.15) is 4.32 Å². The van der Waals surface area contributed by atoms with Crippen LogP contribution in [0.3, 0.4) is 0 Å². The van der Waals surface area contributed by atoms with Crippen LogP contribution in [0.15, 0.2) is 12.1 Å². The number of benzene rings is 1. The van der Waals surface area contributed by atoms with E-state index in [0.29, 0.717) is 42.9 Å². The van der Waals surface area contributed by atoms with E-state index in [2.05, 4.69) is 29.3 Å². The number of amides is 2. The highest BCUT2D eigenvalue weighted by Crippen LogP contribution is 2.38. The highest BCUT2D eigenvalue weighted by Gasteiger charge is 2.29. The summed E-state index contributed by atoms with van der Waals surface area (Å²) in [5, 5.41) is 2.91. The van der Waals surface area contributed by atoms with Crippen LogP contribution < -0.4 is 14.8 Å². The molecule has 7 nitrogen and oxygen atoms in total. The van der Waals surface area contributed by atoms with E-state index in [4.69, 9.17) is 21.7 Å². The number of carbonyl (C=O) groups excluding carboxylic acids is 2. The maximum atomic E-state index is 12.4. The second kappa shape index (κ2) is 8.89. The number of nitrogens with zero attached hydrogens (tertiary/aromatic N) is 2. The second-order valence-electron chi connectivity index (χ2n) is 7.39. The Labute approximate surface area is 180 Å². The van der Waals surface area contributed by atoms with Gasteiger partial charge in [0, 0.05) is 32.1 Å². The first-order valence-corrected chi connectivity index (χ1v) is 11.3. The molecule has 3 aliphatic rings. The minimum atomic E-state index is -0.0418. The lowest BCUT2D eigenvalue weighted by Gasteiger charge is -2.35. The van der Waals surface area contributed by atoms with Gasteiger partial charge in [0.15, 0.2) is 11.5 Å². The lowest BCUT2D eigenvalue weighted by molar-refractivity contribution is -0.125. The molecule has 0 spiro atoms. The van der Waals surface area contributed by atoms with Crippen molar-refractivity contribution in [2.24, 2.45) is 0 Å². The normalized spacial score (nSPS) is 21.7. The summed E-state index contributed by atoms with van der Waals surface area (Å²) in [6.07, 6.45) is 1.75. The van der Waals surface area contributed by atoms with Crippen molar-refractivity contribution in [2.45, 2.75) is 25.8 Å². The zero-order chi connectivity index (χ0) is 20.4. The molecule has 1 atom stereocenters. The number of hydrogen-bond donors (Lipinski definition) is 1. The average Bonchev–Trinajstić information content (AvgIpc) is 2.90. The largest absolute Gasteiger partial charge is 0.490 e. The fourth-order valence-electron chi connectivity index (χ4n) is 3.89. The molecule has 29 heavy (non-hydrogen) atoms. The summed E-state index contributed by atoms with van der Waals surface area (Å²) in [7, 11) is 0. The number of ether oxygens (including phenoxy) is 2. The summed E-state index contributed by atoms with van der Waals surface area (Å²) in [4.78, 5) is 27.9. The Kier molecular flexibility index (Phi) is 6.26. The van der Waals surface area contributed by atoms with Crippen LogP contribution in [-0.2, 0) is 16.0 Å². The zero-order valence-corrected chi connectivity index (χ0v) is 18.1. The number of nitrogens with one attached hydrogen (secondary N) is 1. The van der Waals surface area contributed by atoms with E-state index in [1.807, 2.05) is 0 Å². The van der Waals surface area contributed by atoms with E-state index < -0.39 is 0 Å². The van der Waals surface area contributed by atoms with E-state index in [1.54, 1.807) is 4.90 Å². The molecular formula is C20H25N3O4S2. The Morgan fingerprint density at radius 3 is 2.79 bits per heavy atom. The van der Waals surface area contributed by atoms with Gasteiger partial charge in [-0.1, -0.05) is 24.0 Å². The van der Waals surface area contributed by atoms with E-state index in [9.17, 15) is 9.59 Å². The third kappa shape index (κ3) is 4.51. The van der Waals surface area contributed by atoms with Crippen LogP contribution in [-0.4, -0.2) is 71.1 Å². The molecule has 0 aromatic heterocycles. The smallest absolute Gasteiger partial charge is 0.238 e. The Hall–Kier alpha value is -1.84. The molecule has 1 aromatic carbocycles. The van der Waals surface area contributed by atoms with Crippen molar-refractivity contribution in [3.63, 3.8) is 0 Å². The quantitative estimate of drug-likeness (QED) is 0.707. The molecule has 1 aromatic rings. The summed E-state index contributed by atoms with van der Waals surface area (Å²) < 4.78 is 12.2. The molecule has 1 N–H and O–H groups in total. The third-order valence-electron chi connectivity index (χ3n) is 5.52. The van der Waals surface area contributed by atoms with E-state index >= 15 is 0 Å². The van der Waals surface area contributed by atoms with Gasteiger partial charge in [-0.15, -0.1) is 0 Å². The van der Waals surface area contributed by atoms with Crippen molar-refractivity contribution >= 4 is 40.1 Å². The van der Waals surface area contributed by atoms with Crippen molar-refractivity contribution in [2.75, 3.05) is 45.1 Å². The lowest BCUT2D eigenvalue weighted by Crippen LogP contribution is -2.44. The van der Waals surface area contributed by atoms with Gasteiger partial charge in [-0.2, -0.15) is 0 Å². The molecule has 3 heterocycles. The maximum absolute atomic E-state index is 12.4. The number of thiocarbonyl (C=S) groups is 1. The van der Waals surface area contributed by atoms with Crippen LogP contribution in [0.1, 0.15) is 30.5 Å². The first-order valence-electron chi connectivity index (χ1n) is 9.93. The molecule has 0 saturated carbocycles. The van der Waals surface area contributed by atoms with Gasteiger partial charge >= 0.3 is 0 Å². The molecule has 4 rings (SSSR count). The molecule has 1 fully saturated rings. The lowest BCUT2D eigenvalue weighted by atomic mass is 9.93. The zero-order valence-electron chi connectivity index (χ0n) is 16.4. The minimum Gasteiger partial charge on any atom is -0.490 e. The number of rotatable bonds is 5. The molecule has 2 amide bonds. The number of fused-ring (bicyclic) bond motifs is 2. The van der Waals surface area contributed by atoms with Gasteiger partial charge in [-0.3, -0.25) is 19.4 Å². The van der Waals surface area contributed by atoms with Gasteiger partial charge in [0.05, 0.1) is 25.5 Å². The van der Waals surface area contributed by atoms with E-state index in [0.717, 1.165) is 30.9 Å². The van der Waals surface area contributed by atoms with Gasteiger partial charge in [0.2, 0.25) is 11.8 Å². The molecule has 9 heteroatoms. The van der Waals surface area contributed by atoms with E-state index in [-0.39, 0.29) is 17.9 Å². The first kappa shape index (κ1) is 20.4. The molecule has 1 unspecified atom stereocenters.